The number of nitrogens with zero attached hydrogens (tertiary/aromatic N) is 2. The van der Waals surface area contributed by atoms with E-state index in [1.165, 1.54) is 12.1 Å². The minimum atomic E-state index is -0.255. The van der Waals surface area contributed by atoms with Crippen LogP contribution in [0.15, 0.2) is 53.1 Å². The normalized spacial score (nSPS) is 10.7. The van der Waals surface area contributed by atoms with E-state index in [1.807, 2.05) is 24.3 Å². The molecule has 0 saturated heterocycles. The van der Waals surface area contributed by atoms with Gasteiger partial charge in [0.25, 0.3) is 0 Å². The second-order valence-corrected chi connectivity index (χ2v) is 4.83. The molecule has 106 valence electrons. The lowest BCUT2D eigenvalue weighted by Crippen LogP contribution is -1.93. The number of nitrogens with two attached hydrogens (primary N) is 1. The highest BCUT2D eigenvalue weighted by atomic mass is 19.1. The van der Waals surface area contributed by atoms with E-state index in [9.17, 15) is 4.39 Å². The second-order valence-electron chi connectivity index (χ2n) is 4.83. The van der Waals surface area contributed by atoms with Crippen molar-refractivity contribution in [1.82, 2.24) is 10.1 Å². The van der Waals surface area contributed by atoms with E-state index in [0.29, 0.717) is 30.2 Å². The lowest BCUT2D eigenvalue weighted by molar-refractivity contribution is 0.380. The Morgan fingerprint density at radius 3 is 2.57 bits per heavy atom. The molecule has 0 unspecified atom stereocenters. The monoisotopic (exact) mass is 283 g/mol. The summed E-state index contributed by atoms with van der Waals surface area (Å²) in [4.78, 5) is 4.34. The highest BCUT2D eigenvalue weighted by Gasteiger charge is 2.08. The molecule has 0 atom stereocenters. The third-order valence-corrected chi connectivity index (χ3v) is 3.09. The van der Waals surface area contributed by atoms with Crippen molar-refractivity contribution in [2.45, 2.75) is 12.8 Å². The first-order valence-electron chi connectivity index (χ1n) is 6.59. The van der Waals surface area contributed by atoms with Gasteiger partial charge in [-0.15, -0.1) is 0 Å². The van der Waals surface area contributed by atoms with E-state index in [4.69, 9.17) is 10.3 Å². The molecule has 0 aliphatic heterocycles. The number of hydrogen-bond donors (Lipinski definition) is 1. The van der Waals surface area contributed by atoms with Gasteiger partial charge in [-0.3, -0.25) is 0 Å². The van der Waals surface area contributed by atoms with Crippen molar-refractivity contribution < 1.29 is 8.91 Å². The quantitative estimate of drug-likeness (QED) is 0.748. The average Bonchev–Trinajstić information content (AvgIpc) is 2.89. The summed E-state index contributed by atoms with van der Waals surface area (Å²) in [7, 11) is 0. The van der Waals surface area contributed by atoms with Gasteiger partial charge in [-0.05, 0) is 35.4 Å². The molecule has 0 fully saturated rings. The third-order valence-electron chi connectivity index (χ3n) is 3.09. The Labute approximate surface area is 121 Å². The third kappa shape index (κ3) is 3.45. The maximum absolute atomic E-state index is 12.8. The summed E-state index contributed by atoms with van der Waals surface area (Å²) < 4.78 is 18.1. The van der Waals surface area contributed by atoms with Gasteiger partial charge in [0.2, 0.25) is 5.89 Å². The molecule has 0 amide bonds. The first-order chi connectivity index (χ1) is 10.2. The Balaban J connectivity index is 1.70. The van der Waals surface area contributed by atoms with Crippen molar-refractivity contribution >= 4 is 5.69 Å². The zero-order valence-corrected chi connectivity index (χ0v) is 11.3. The predicted molar refractivity (Wildman–Crippen MR) is 77.2 cm³/mol. The van der Waals surface area contributed by atoms with Crippen LogP contribution in [0.2, 0.25) is 0 Å². The zero-order chi connectivity index (χ0) is 14.7. The molecule has 0 bridgehead atoms. The van der Waals surface area contributed by atoms with Crippen LogP contribution in [0, 0.1) is 5.82 Å². The number of aromatic nitrogens is 2. The van der Waals surface area contributed by atoms with Gasteiger partial charge in [0, 0.05) is 12.1 Å². The molecule has 0 aliphatic carbocycles. The van der Waals surface area contributed by atoms with Crippen molar-refractivity contribution in [1.29, 1.82) is 0 Å². The fraction of sp³-hybridized carbons (Fsp3) is 0.125. The topological polar surface area (TPSA) is 64.9 Å². The molecular formula is C16H14FN3O. The Morgan fingerprint density at radius 2 is 1.81 bits per heavy atom. The van der Waals surface area contributed by atoms with Crippen LogP contribution < -0.4 is 5.73 Å². The minimum absolute atomic E-state index is 0.255. The molecule has 0 spiro atoms. The molecule has 0 aliphatic rings. The summed E-state index contributed by atoms with van der Waals surface area (Å²) in [6.07, 6.45) is 1.06. The van der Waals surface area contributed by atoms with Crippen molar-refractivity contribution in [3.8, 4) is 0 Å². The van der Waals surface area contributed by atoms with Crippen LogP contribution in [0.3, 0.4) is 0 Å². The van der Waals surface area contributed by atoms with Crippen molar-refractivity contribution in [3.63, 3.8) is 0 Å². The molecule has 3 rings (SSSR count). The van der Waals surface area contributed by atoms with Gasteiger partial charge in [0.15, 0.2) is 5.82 Å². The smallest absolute Gasteiger partial charge is 0.231 e. The standard InChI is InChI=1S/C16H14FN3O/c17-13-6-4-11(5-7-13)9-15-19-16(21-20-15)10-12-2-1-3-14(18)8-12/h1-8H,9-10,18H2. The summed E-state index contributed by atoms with van der Waals surface area (Å²) in [5, 5.41) is 3.94. The van der Waals surface area contributed by atoms with Gasteiger partial charge in [-0.25, -0.2) is 4.39 Å². The van der Waals surface area contributed by atoms with E-state index in [2.05, 4.69) is 10.1 Å². The number of benzene rings is 2. The predicted octanol–water partition coefficient (Wildman–Crippen LogP) is 2.97. The Morgan fingerprint density at radius 1 is 1.00 bits per heavy atom. The molecule has 1 aromatic heterocycles. The van der Waals surface area contributed by atoms with Gasteiger partial charge >= 0.3 is 0 Å². The summed E-state index contributed by atoms with van der Waals surface area (Å²) in [5.41, 5.74) is 8.40. The van der Waals surface area contributed by atoms with Crippen molar-refractivity contribution in [2.75, 3.05) is 5.73 Å². The van der Waals surface area contributed by atoms with Crippen LogP contribution in [0.1, 0.15) is 22.8 Å². The zero-order valence-electron chi connectivity index (χ0n) is 11.3. The van der Waals surface area contributed by atoms with E-state index >= 15 is 0 Å². The lowest BCUT2D eigenvalue weighted by atomic mass is 10.1. The summed E-state index contributed by atoms with van der Waals surface area (Å²) in [6.45, 7) is 0. The fourth-order valence-electron chi connectivity index (χ4n) is 2.10. The molecule has 0 saturated carbocycles. The summed E-state index contributed by atoms with van der Waals surface area (Å²) in [5.74, 6) is 0.868. The lowest BCUT2D eigenvalue weighted by Gasteiger charge is -1.98. The maximum atomic E-state index is 12.8. The highest BCUT2D eigenvalue weighted by molar-refractivity contribution is 5.41. The Bertz CT molecular complexity index is 737. The molecule has 5 heteroatoms. The van der Waals surface area contributed by atoms with Crippen molar-refractivity contribution in [3.05, 3.63) is 77.2 Å². The highest BCUT2D eigenvalue weighted by Crippen LogP contribution is 2.13. The summed E-state index contributed by atoms with van der Waals surface area (Å²) >= 11 is 0. The SMILES string of the molecule is Nc1cccc(Cc2nc(Cc3ccc(F)cc3)no2)c1. The van der Waals surface area contributed by atoms with Crippen molar-refractivity contribution in [2.24, 2.45) is 0 Å². The number of anilines is 1. The van der Waals surface area contributed by atoms with Gasteiger partial charge in [-0.2, -0.15) is 4.98 Å². The Hall–Kier alpha value is -2.69. The first kappa shape index (κ1) is 13.3. The molecule has 21 heavy (non-hydrogen) atoms. The van der Waals surface area contributed by atoms with Crippen LogP contribution in [0.25, 0.3) is 0 Å². The Kier molecular flexibility index (Phi) is 3.64. The molecule has 3 aromatic rings. The van der Waals surface area contributed by atoms with Crippen LogP contribution in [-0.2, 0) is 12.8 Å². The molecule has 2 aromatic carbocycles. The number of halogens is 1. The van der Waals surface area contributed by atoms with Crippen LogP contribution in [-0.4, -0.2) is 10.1 Å². The van der Waals surface area contributed by atoms with Gasteiger partial charge in [0.05, 0.1) is 6.42 Å². The molecule has 1 heterocycles. The van der Waals surface area contributed by atoms with Gasteiger partial charge in [0.1, 0.15) is 5.82 Å². The van der Waals surface area contributed by atoms with E-state index in [1.54, 1.807) is 12.1 Å². The average molecular weight is 283 g/mol. The van der Waals surface area contributed by atoms with Crippen LogP contribution >= 0.6 is 0 Å². The minimum Gasteiger partial charge on any atom is -0.399 e. The largest absolute Gasteiger partial charge is 0.399 e. The van der Waals surface area contributed by atoms with Gasteiger partial charge in [-0.1, -0.05) is 29.4 Å². The first-order valence-corrected chi connectivity index (χ1v) is 6.59. The van der Waals surface area contributed by atoms with Gasteiger partial charge < -0.3 is 10.3 Å². The van der Waals surface area contributed by atoms with E-state index < -0.39 is 0 Å². The summed E-state index contributed by atoms with van der Waals surface area (Å²) in [6, 6.07) is 13.8. The number of hydrogen-bond acceptors (Lipinski definition) is 4. The maximum Gasteiger partial charge on any atom is 0.231 e. The second kappa shape index (κ2) is 5.75. The molecular weight excluding hydrogens is 269 g/mol. The molecule has 2 N–H and O–H groups in total. The van der Waals surface area contributed by atoms with Crippen LogP contribution in [0.5, 0.6) is 0 Å². The fourth-order valence-corrected chi connectivity index (χ4v) is 2.10. The number of rotatable bonds is 4. The van der Waals surface area contributed by atoms with E-state index in [0.717, 1.165) is 11.1 Å². The van der Waals surface area contributed by atoms with E-state index in [-0.39, 0.29) is 5.82 Å². The molecule has 4 nitrogen and oxygen atoms in total. The number of nitrogen functional groups attached to an aromatic ring is 1. The van der Waals surface area contributed by atoms with Crippen LogP contribution in [0.4, 0.5) is 10.1 Å². The molecule has 0 radical (unpaired) electrons.